The molecule has 1 aromatic carbocycles. The summed E-state index contributed by atoms with van der Waals surface area (Å²) >= 11 is 5.90. The van der Waals surface area contributed by atoms with Gasteiger partial charge in [-0.3, -0.25) is 14.2 Å². The minimum atomic E-state index is -0.231. The van der Waals surface area contributed by atoms with Crippen LogP contribution in [-0.2, 0) is 0 Å². The summed E-state index contributed by atoms with van der Waals surface area (Å²) < 4.78 is 2.68. The first kappa shape index (κ1) is 14.3. The Bertz CT molecular complexity index is 894. The number of carbonyl (C=O) groups excluding carboxylic acids is 1. The molecule has 0 aliphatic rings. The Hall–Kier alpha value is -2.66. The molecule has 110 valence electrons. The zero-order valence-corrected chi connectivity index (χ0v) is 12.5. The Morgan fingerprint density at radius 2 is 1.86 bits per heavy atom. The first-order valence-corrected chi connectivity index (χ1v) is 6.98. The van der Waals surface area contributed by atoms with E-state index in [1.165, 1.54) is 22.2 Å². The number of carbonyl (C=O) groups is 1. The average Bonchev–Trinajstić information content (AvgIpc) is 2.94. The van der Waals surface area contributed by atoms with E-state index in [1.807, 2.05) is 0 Å². The van der Waals surface area contributed by atoms with Crippen LogP contribution in [0.25, 0.3) is 16.9 Å². The lowest BCUT2D eigenvalue weighted by atomic mass is 10.1. The number of nitrogens with zero attached hydrogens (tertiary/aromatic N) is 3. The zero-order chi connectivity index (χ0) is 15.7. The molecule has 22 heavy (non-hydrogen) atoms. The number of hydrogen-bond donors (Lipinski definition) is 0. The molecule has 0 N–H and O–H groups in total. The predicted molar refractivity (Wildman–Crippen MR) is 84.6 cm³/mol. The quantitative estimate of drug-likeness (QED) is 0.730. The first-order chi connectivity index (χ1) is 10.6. The number of aromatic nitrogens is 3. The molecule has 5 nitrogen and oxygen atoms in total. The maximum absolute atomic E-state index is 12.1. The molecule has 0 radical (unpaired) electrons. The van der Waals surface area contributed by atoms with Gasteiger partial charge in [0.15, 0.2) is 0 Å². The van der Waals surface area contributed by atoms with Gasteiger partial charge >= 0.3 is 0 Å². The lowest BCUT2D eigenvalue weighted by molar-refractivity contribution is 0.0921. The second kappa shape index (κ2) is 5.61. The molecule has 2 aromatic heterocycles. The van der Waals surface area contributed by atoms with E-state index < -0.39 is 0 Å². The number of benzene rings is 1. The smallest absolute Gasteiger partial charge is 0.255 e. The highest BCUT2D eigenvalue weighted by Crippen LogP contribution is 2.25. The van der Waals surface area contributed by atoms with Crippen molar-refractivity contribution in [2.75, 3.05) is 0 Å². The largest absolute Gasteiger partial charge is 0.280 e. The van der Waals surface area contributed by atoms with Gasteiger partial charge in [0.2, 0.25) is 5.91 Å². The number of pyridine rings is 1. The highest BCUT2D eigenvalue weighted by atomic mass is 35.5. The fourth-order valence-electron chi connectivity index (χ4n) is 2.14. The molecule has 0 aliphatic heterocycles. The molecule has 0 atom stereocenters. The second-order valence-electron chi connectivity index (χ2n) is 4.74. The van der Waals surface area contributed by atoms with Crippen LogP contribution in [0.5, 0.6) is 0 Å². The molecule has 6 heteroatoms. The highest BCUT2D eigenvalue weighted by molar-refractivity contribution is 6.30. The van der Waals surface area contributed by atoms with E-state index in [9.17, 15) is 9.59 Å². The standard InChI is InChI=1S/C16H12ClN3O2/c1-11(21)20-10-14(19-9-3-2-4-15(19)22)16(18-20)12-5-7-13(17)8-6-12/h2-10H,1H3. The SMILES string of the molecule is CC(=O)n1cc(-n2ccccc2=O)c(-c2ccc(Cl)cc2)n1. The van der Waals surface area contributed by atoms with E-state index in [-0.39, 0.29) is 11.5 Å². The molecule has 3 rings (SSSR count). The van der Waals surface area contributed by atoms with Crippen molar-refractivity contribution in [2.45, 2.75) is 6.92 Å². The third kappa shape index (κ3) is 2.58. The van der Waals surface area contributed by atoms with Gasteiger partial charge in [0, 0.05) is 29.8 Å². The molecule has 0 amide bonds. The number of hydrogen-bond acceptors (Lipinski definition) is 3. The summed E-state index contributed by atoms with van der Waals surface area (Å²) in [5.74, 6) is -0.231. The van der Waals surface area contributed by atoms with Crippen molar-refractivity contribution in [2.24, 2.45) is 0 Å². The van der Waals surface area contributed by atoms with Crippen LogP contribution in [0.4, 0.5) is 0 Å². The third-order valence-corrected chi connectivity index (χ3v) is 3.47. The van der Waals surface area contributed by atoms with Crippen molar-refractivity contribution in [1.29, 1.82) is 0 Å². The van der Waals surface area contributed by atoms with Crippen molar-refractivity contribution in [3.05, 3.63) is 70.2 Å². The Balaban J connectivity index is 2.25. The van der Waals surface area contributed by atoms with Gasteiger partial charge in [0.1, 0.15) is 5.69 Å². The van der Waals surface area contributed by atoms with Gasteiger partial charge < -0.3 is 0 Å². The van der Waals surface area contributed by atoms with Crippen LogP contribution in [-0.4, -0.2) is 20.3 Å². The predicted octanol–water partition coefficient (Wildman–Crippen LogP) is 3.01. The summed E-state index contributed by atoms with van der Waals surface area (Å²) in [6.45, 7) is 1.41. The summed E-state index contributed by atoms with van der Waals surface area (Å²) in [5.41, 5.74) is 1.67. The summed E-state index contributed by atoms with van der Waals surface area (Å²) in [6, 6.07) is 11.9. The van der Waals surface area contributed by atoms with E-state index in [4.69, 9.17) is 11.6 Å². The zero-order valence-electron chi connectivity index (χ0n) is 11.7. The summed E-state index contributed by atoms with van der Waals surface area (Å²) in [5, 5.41) is 4.90. The van der Waals surface area contributed by atoms with Crippen LogP contribution >= 0.6 is 11.6 Å². The van der Waals surface area contributed by atoms with Crippen LogP contribution in [0.15, 0.2) is 59.7 Å². The van der Waals surface area contributed by atoms with Gasteiger partial charge in [0.05, 0.1) is 11.9 Å². The Kier molecular flexibility index (Phi) is 3.65. The van der Waals surface area contributed by atoms with Crippen LogP contribution in [0.2, 0.25) is 5.02 Å². The van der Waals surface area contributed by atoms with Gasteiger partial charge in [-0.1, -0.05) is 29.8 Å². The fourth-order valence-corrected chi connectivity index (χ4v) is 2.27. The van der Waals surface area contributed by atoms with E-state index in [0.717, 1.165) is 5.56 Å². The molecule has 2 heterocycles. The maximum Gasteiger partial charge on any atom is 0.255 e. The van der Waals surface area contributed by atoms with Gasteiger partial charge in [0.25, 0.3) is 5.56 Å². The molecule has 0 fully saturated rings. The second-order valence-corrected chi connectivity index (χ2v) is 5.18. The van der Waals surface area contributed by atoms with Crippen molar-refractivity contribution < 1.29 is 4.79 Å². The van der Waals surface area contributed by atoms with Crippen LogP contribution in [0.3, 0.4) is 0 Å². The first-order valence-electron chi connectivity index (χ1n) is 6.61. The van der Waals surface area contributed by atoms with E-state index in [1.54, 1.807) is 48.8 Å². The monoisotopic (exact) mass is 313 g/mol. The molecular formula is C16H12ClN3O2. The normalized spacial score (nSPS) is 10.6. The molecule has 0 unspecified atom stereocenters. The minimum Gasteiger partial charge on any atom is -0.280 e. The van der Waals surface area contributed by atoms with E-state index in [2.05, 4.69) is 5.10 Å². The Morgan fingerprint density at radius 3 is 2.50 bits per heavy atom. The van der Waals surface area contributed by atoms with Gasteiger partial charge in [-0.15, -0.1) is 0 Å². The summed E-state index contributed by atoms with van der Waals surface area (Å²) in [4.78, 5) is 23.7. The molecule has 0 saturated carbocycles. The molecule has 0 bridgehead atoms. The van der Waals surface area contributed by atoms with Crippen LogP contribution < -0.4 is 5.56 Å². The molecular weight excluding hydrogens is 302 g/mol. The van der Waals surface area contributed by atoms with Crippen LogP contribution in [0, 0.1) is 0 Å². The molecule has 3 aromatic rings. The topological polar surface area (TPSA) is 56.9 Å². The van der Waals surface area contributed by atoms with Gasteiger partial charge in [-0.05, 0) is 18.2 Å². The lowest BCUT2D eigenvalue weighted by Gasteiger charge is -2.05. The van der Waals surface area contributed by atoms with Gasteiger partial charge in [-0.2, -0.15) is 5.10 Å². The van der Waals surface area contributed by atoms with E-state index in [0.29, 0.717) is 16.4 Å². The molecule has 0 saturated heterocycles. The van der Waals surface area contributed by atoms with Crippen molar-refractivity contribution >= 4 is 17.5 Å². The van der Waals surface area contributed by atoms with E-state index >= 15 is 0 Å². The highest BCUT2D eigenvalue weighted by Gasteiger charge is 2.15. The minimum absolute atomic E-state index is 0.194. The van der Waals surface area contributed by atoms with Crippen molar-refractivity contribution in [3.63, 3.8) is 0 Å². The third-order valence-electron chi connectivity index (χ3n) is 3.22. The maximum atomic E-state index is 12.1. The van der Waals surface area contributed by atoms with Gasteiger partial charge in [-0.25, -0.2) is 4.68 Å². The van der Waals surface area contributed by atoms with Crippen molar-refractivity contribution in [1.82, 2.24) is 14.3 Å². The molecule has 0 spiro atoms. The number of rotatable bonds is 2. The number of halogens is 1. The summed E-state index contributed by atoms with van der Waals surface area (Å²) in [6.07, 6.45) is 3.19. The Labute approximate surface area is 131 Å². The Morgan fingerprint density at radius 1 is 1.14 bits per heavy atom. The van der Waals surface area contributed by atoms with Crippen molar-refractivity contribution in [3.8, 4) is 16.9 Å². The van der Waals surface area contributed by atoms with Crippen LogP contribution in [0.1, 0.15) is 11.7 Å². The molecule has 0 aliphatic carbocycles. The lowest BCUT2D eigenvalue weighted by Crippen LogP contribution is -2.15. The summed E-state index contributed by atoms with van der Waals surface area (Å²) in [7, 11) is 0. The fraction of sp³-hybridized carbons (Fsp3) is 0.0625. The average molecular weight is 314 g/mol.